The average Bonchev–Trinajstić information content (AvgIpc) is 3.24. The summed E-state index contributed by atoms with van der Waals surface area (Å²) in [4.78, 5) is 25.7. The molecule has 1 atom stereocenters. The molecule has 2 aliphatic rings. The largest absolute Gasteiger partial charge is 0.314 e. The van der Waals surface area contributed by atoms with E-state index in [-0.39, 0.29) is 16.5 Å². The number of benzene rings is 1. The maximum absolute atomic E-state index is 12.2. The molecule has 0 radical (unpaired) electrons. The quantitative estimate of drug-likeness (QED) is 0.846. The van der Waals surface area contributed by atoms with Crippen molar-refractivity contribution in [2.24, 2.45) is 5.92 Å². The number of Topliss-reactive ketones (excluding diaryl/α,β-unsaturated/α-hetero) is 1. The monoisotopic (exact) mass is 326 g/mol. The maximum Gasteiger partial charge on any atom is 0.299 e. The van der Waals surface area contributed by atoms with Gasteiger partial charge in [-0.25, -0.2) is 0 Å². The van der Waals surface area contributed by atoms with Gasteiger partial charge in [0.2, 0.25) is 0 Å². The van der Waals surface area contributed by atoms with Gasteiger partial charge in [-0.2, -0.15) is 0 Å². The summed E-state index contributed by atoms with van der Waals surface area (Å²) in [6, 6.07) is 3.79. The van der Waals surface area contributed by atoms with Crippen LogP contribution in [0.1, 0.15) is 30.1 Å². The molecular weight excluding hydrogens is 311 g/mol. The molecule has 1 aromatic carbocycles. The fourth-order valence-electron chi connectivity index (χ4n) is 2.56. The number of carbonyl (C=O) groups excluding carboxylic acids is 2. The molecule has 0 bridgehead atoms. The van der Waals surface area contributed by atoms with Crippen LogP contribution in [0.25, 0.3) is 0 Å². The summed E-state index contributed by atoms with van der Waals surface area (Å²) in [5.41, 5.74) is 0.689. The highest BCUT2D eigenvalue weighted by atomic mass is 35.5. The first-order valence-corrected chi connectivity index (χ1v) is 7.82. The molecule has 0 aromatic heterocycles. The van der Waals surface area contributed by atoms with Crippen molar-refractivity contribution in [3.8, 4) is 0 Å². The first-order valence-electron chi connectivity index (χ1n) is 7.06. The van der Waals surface area contributed by atoms with Crippen LogP contribution in [0.4, 0.5) is 5.69 Å². The fourth-order valence-corrected chi connectivity index (χ4v) is 3.06. The van der Waals surface area contributed by atoms with E-state index in [0.29, 0.717) is 23.3 Å². The van der Waals surface area contributed by atoms with Crippen molar-refractivity contribution in [3.05, 3.63) is 27.7 Å². The summed E-state index contributed by atoms with van der Waals surface area (Å²) in [5.74, 6) is -0.888. The van der Waals surface area contributed by atoms with Gasteiger partial charge in [-0.3, -0.25) is 9.59 Å². The van der Waals surface area contributed by atoms with Gasteiger partial charge in [0.25, 0.3) is 11.7 Å². The van der Waals surface area contributed by atoms with Crippen LogP contribution in [0.3, 0.4) is 0 Å². The van der Waals surface area contributed by atoms with Crippen LogP contribution in [-0.2, 0) is 4.79 Å². The SMILES string of the molecule is CC(CNC1CC1)CN1C(=O)C(=O)c2c(Cl)ccc(Cl)c21. The Morgan fingerprint density at radius 2 is 1.95 bits per heavy atom. The third-order valence-electron chi connectivity index (χ3n) is 3.84. The first kappa shape index (κ1) is 14.8. The highest BCUT2D eigenvalue weighted by Gasteiger charge is 2.39. The zero-order chi connectivity index (χ0) is 15.1. The Kier molecular flexibility index (Phi) is 3.95. The van der Waals surface area contributed by atoms with Crippen LogP contribution in [0.15, 0.2) is 12.1 Å². The van der Waals surface area contributed by atoms with Crippen molar-refractivity contribution in [1.29, 1.82) is 0 Å². The van der Waals surface area contributed by atoms with Crippen molar-refractivity contribution < 1.29 is 9.59 Å². The minimum absolute atomic E-state index is 0.225. The lowest BCUT2D eigenvalue weighted by Gasteiger charge is -2.22. The molecule has 1 N–H and O–H groups in total. The van der Waals surface area contributed by atoms with E-state index in [2.05, 4.69) is 5.32 Å². The molecule has 0 saturated heterocycles. The lowest BCUT2D eigenvalue weighted by molar-refractivity contribution is -0.114. The summed E-state index contributed by atoms with van der Waals surface area (Å²) < 4.78 is 0. The van der Waals surface area contributed by atoms with Gasteiger partial charge in [0.15, 0.2) is 0 Å². The molecule has 1 amide bonds. The van der Waals surface area contributed by atoms with Crippen LogP contribution in [0.2, 0.25) is 10.0 Å². The zero-order valence-corrected chi connectivity index (χ0v) is 13.2. The normalized spacial score (nSPS) is 19.1. The minimum atomic E-state index is -0.570. The number of rotatable bonds is 5. The number of hydrogen-bond acceptors (Lipinski definition) is 3. The average molecular weight is 327 g/mol. The molecular formula is C15H16Cl2N2O2. The zero-order valence-electron chi connectivity index (χ0n) is 11.7. The highest BCUT2D eigenvalue weighted by molar-refractivity contribution is 6.56. The van der Waals surface area contributed by atoms with Gasteiger partial charge in [-0.1, -0.05) is 30.1 Å². The minimum Gasteiger partial charge on any atom is -0.314 e. The van der Waals surface area contributed by atoms with Crippen LogP contribution < -0.4 is 10.2 Å². The van der Waals surface area contributed by atoms with Crippen molar-refractivity contribution >= 4 is 40.6 Å². The van der Waals surface area contributed by atoms with Crippen LogP contribution in [-0.4, -0.2) is 30.8 Å². The number of hydrogen-bond donors (Lipinski definition) is 1. The van der Waals surface area contributed by atoms with Crippen LogP contribution in [0, 0.1) is 5.92 Å². The molecule has 1 heterocycles. The van der Waals surface area contributed by atoms with Gasteiger partial charge in [-0.15, -0.1) is 0 Å². The van der Waals surface area contributed by atoms with E-state index in [0.717, 1.165) is 6.54 Å². The third-order valence-corrected chi connectivity index (χ3v) is 4.46. The Balaban J connectivity index is 1.81. The van der Waals surface area contributed by atoms with E-state index >= 15 is 0 Å². The molecule has 1 unspecified atom stereocenters. The van der Waals surface area contributed by atoms with Crippen molar-refractivity contribution in [3.63, 3.8) is 0 Å². The molecule has 112 valence electrons. The van der Waals surface area contributed by atoms with E-state index in [1.807, 2.05) is 6.92 Å². The summed E-state index contributed by atoms with van der Waals surface area (Å²) >= 11 is 12.2. The number of fused-ring (bicyclic) bond motifs is 1. The van der Waals surface area contributed by atoms with E-state index < -0.39 is 11.7 Å². The second kappa shape index (κ2) is 5.59. The highest BCUT2D eigenvalue weighted by Crippen LogP contribution is 2.40. The predicted octanol–water partition coefficient (Wildman–Crippen LogP) is 2.91. The lowest BCUT2D eigenvalue weighted by Crippen LogP contribution is -2.37. The van der Waals surface area contributed by atoms with Gasteiger partial charge in [0, 0.05) is 12.6 Å². The third kappa shape index (κ3) is 2.80. The van der Waals surface area contributed by atoms with Crippen molar-refractivity contribution in [2.45, 2.75) is 25.8 Å². The van der Waals surface area contributed by atoms with E-state index in [1.54, 1.807) is 12.1 Å². The second-order valence-electron chi connectivity index (χ2n) is 5.79. The van der Waals surface area contributed by atoms with E-state index in [4.69, 9.17) is 23.2 Å². The standard InChI is InChI=1S/C15H16Cl2N2O2/c1-8(6-18-9-2-3-9)7-19-13-11(17)5-4-10(16)12(13)14(20)15(19)21/h4-5,8-9,18H,2-3,6-7H2,1H3. The second-order valence-corrected chi connectivity index (χ2v) is 6.60. The van der Waals surface area contributed by atoms with Crippen LogP contribution in [0.5, 0.6) is 0 Å². The molecule has 1 aromatic rings. The number of anilines is 1. The van der Waals surface area contributed by atoms with E-state index in [9.17, 15) is 9.59 Å². The number of halogens is 2. The molecule has 1 aliphatic heterocycles. The Morgan fingerprint density at radius 3 is 2.62 bits per heavy atom. The van der Waals surface area contributed by atoms with E-state index in [1.165, 1.54) is 17.7 Å². The molecule has 4 nitrogen and oxygen atoms in total. The van der Waals surface area contributed by atoms with Crippen molar-refractivity contribution in [1.82, 2.24) is 5.32 Å². The van der Waals surface area contributed by atoms with Gasteiger partial charge in [0.1, 0.15) is 0 Å². The number of nitrogens with one attached hydrogen (secondary N) is 1. The molecule has 0 spiro atoms. The summed E-state index contributed by atoms with van der Waals surface area (Å²) in [6.07, 6.45) is 2.44. The van der Waals surface area contributed by atoms with Gasteiger partial charge < -0.3 is 10.2 Å². The Bertz CT molecular complexity index is 614. The fraction of sp³-hybridized carbons (Fsp3) is 0.467. The van der Waals surface area contributed by atoms with Gasteiger partial charge >= 0.3 is 0 Å². The summed E-state index contributed by atoms with van der Waals surface area (Å²) in [6.45, 7) is 3.32. The number of nitrogens with zero attached hydrogens (tertiary/aromatic N) is 1. The topological polar surface area (TPSA) is 49.4 Å². The number of ketones is 1. The Hall–Kier alpha value is -1.10. The van der Waals surface area contributed by atoms with Crippen LogP contribution >= 0.6 is 23.2 Å². The predicted molar refractivity (Wildman–Crippen MR) is 83.3 cm³/mol. The Labute approximate surface area is 133 Å². The molecule has 21 heavy (non-hydrogen) atoms. The molecule has 3 rings (SSSR count). The maximum atomic E-state index is 12.2. The smallest absolute Gasteiger partial charge is 0.299 e. The Morgan fingerprint density at radius 1 is 1.29 bits per heavy atom. The van der Waals surface area contributed by atoms with Crippen molar-refractivity contribution in [2.75, 3.05) is 18.0 Å². The number of amides is 1. The summed E-state index contributed by atoms with van der Waals surface area (Å²) in [5, 5.41) is 4.09. The molecule has 1 aliphatic carbocycles. The molecule has 1 saturated carbocycles. The first-order chi connectivity index (χ1) is 9.99. The van der Waals surface area contributed by atoms with Gasteiger partial charge in [0.05, 0.1) is 21.3 Å². The lowest BCUT2D eigenvalue weighted by atomic mass is 10.1. The van der Waals surface area contributed by atoms with Gasteiger partial charge in [-0.05, 0) is 37.4 Å². The molecule has 6 heteroatoms. The molecule has 1 fully saturated rings. The number of carbonyl (C=O) groups is 2. The summed E-state index contributed by atoms with van der Waals surface area (Å²) in [7, 11) is 0.